The van der Waals surface area contributed by atoms with Gasteiger partial charge < -0.3 is 10.1 Å². The van der Waals surface area contributed by atoms with Gasteiger partial charge >= 0.3 is 12.0 Å². The summed E-state index contributed by atoms with van der Waals surface area (Å²) < 4.78 is 4.94. The number of hydrogen-bond donors (Lipinski definition) is 2. The molecule has 4 fully saturated rings. The summed E-state index contributed by atoms with van der Waals surface area (Å²) in [6, 6.07) is -0.459. The van der Waals surface area contributed by atoms with Crippen molar-refractivity contribution >= 4 is 17.9 Å². The molecule has 3 amide bonds. The average Bonchev–Trinajstić information content (AvgIpc) is 2.40. The lowest BCUT2D eigenvalue weighted by Crippen LogP contribution is -2.62. The van der Waals surface area contributed by atoms with Crippen molar-refractivity contribution in [1.82, 2.24) is 10.6 Å². The number of urea groups is 1. The van der Waals surface area contributed by atoms with Crippen LogP contribution in [0.4, 0.5) is 4.79 Å². The van der Waals surface area contributed by atoms with Crippen molar-refractivity contribution in [3.63, 3.8) is 0 Å². The van der Waals surface area contributed by atoms with Gasteiger partial charge in [-0.2, -0.15) is 0 Å². The van der Waals surface area contributed by atoms with E-state index in [2.05, 4.69) is 10.6 Å². The molecule has 6 heteroatoms. The van der Waals surface area contributed by atoms with E-state index in [4.69, 9.17) is 4.74 Å². The van der Waals surface area contributed by atoms with E-state index in [1.54, 1.807) is 0 Å². The maximum Gasteiger partial charge on any atom is 0.321 e. The maximum absolute atomic E-state index is 12.2. The molecule has 0 aromatic rings. The van der Waals surface area contributed by atoms with Crippen LogP contribution in [-0.2, 0) is 14.3 Å². The van der Waals surface area contributed by atoms with E-state index in [-0.39, 0.29) is 17.4 Å². The summed E-state index contributed by atoms with van der Waals surface area (Å²) in [5.74, 6) is 1.16. The first-order chi connectivity index (χ1) is 11.6. The average molecular weight is 350 g/mol. The number of nitrogens with one attached hydrogen (secondary N) is 2. The molecule has 0 aromatic heterocycles. The molecular weight excluding hydrogens is 320 g/mol. The Morgan fingerprint density at radius 1 is 1.00 bits per heavy atom. The molecule has 0 heterocycles. The van der Waals surface area contributed by atoms with Gasteiger partial charge in [0.2, 0.25) is 0 Å². The smallest absolute Gasteiger partial charge is 0.321 e. The second kappa shape index (κ2) is 6.61. The van der Waals surface area contributed by atoms with Crippen molar-refractivity contribution in [3.8, 4) is 0 Å². The van der Waals surface area contributed by atoms with Crippen LogP contribution in [0, 0.1) is 23.2 Å². The lowest BCUT2D eigenvalue weighted by Gasteiger charge is -2.56. The van der Waals surface area contributed by atoms with Gasteiger partial charge in [-0.05, 0) is 61.7 Å². The molecule has 0 saturated heterocycles. The Hall–Kier alpha value is -1.59. The van der Waals surface area contributed by atoms with E-state index in [0.29, 0.717) is 0 Å². The summed E-state index contributed by atoms with van der Waals surface area (Å²) in [6.07, 6.45) is 7.21. The number of carbonyl (C=O) groups excluding carboxylic acids is 3. The normalized spacial score (nSPS) is 33.0. The number of hydrogen-bond acceptors (Lipinski definition) is 4. The van der Waals surface area contributed by atoms with E-state index in [9.17, 15) is 14.4 Å². The van der Waals surface area contributed by atoms with Gasteiger partial charge in [-0.3, -0.25) is 14.9 Å². The molecule has 0 radical (unpaired) electrons. The fraction of sp³-hybridized carbons (Fsp3) is 0.842. The van der Waals surface area contributed by atoms with Crippen molar-refractivity contribution in [2.24, 2.45) is 23.2 Å². The van der Waals surface area contributed by atoms with E-state index in [1.807, 2.05) is 20.8 Å². The van der Waals surface area contributed by atoms with Crippen LogP contribution in [0.2, 0.25) is 0 Å². The second-order valence-electron chi connectivity index (χ2n) is 9.60. The third kappa shape index (κ3) is 4.73. The van der Waals surface area contributed by atoms with Crippen LogP contribution >= 0.6 is 0 Å². The highest BCUT2D eigenvalue weighted by Gasteiger charge is 2.51. The van der Waals surface area contributed by atoms with Crippen molar-refractivity contribution in [2.75, 3.05) is 6.61 Å². The molecule has 0 atom stereocenters. The molecule has 4 bridgehead atoms. The van der Waals surface area contributed by atoms with Gasteiger partial charge in [0.15, 0.2) is 6.61 Å². The molecule has 2 N–H and O–H groups in total. The zero-order valence-electron chi connectivity index (χ0n) is 15.5. The lowest BCUT2D eigenvalue weighted by molar-refractivity contribution is -0.150. The molecule has 0 aliphatic heterocycles. The Morgan fingerprint density at radius 3 is 2.00 bits per heavy atom. The third-order valence-electron chi connectivity index (χ3n) is 5.71. The third-order valence-corrected chi connectivity index (χ3v) is 5.71. The summed E-state index contributed by atoms with van der Waals surface area (Å²) in [7, 11) is 0. The van der Waals surface area contributed by atoms with Crippen molar-refractivity contribution in [1.29, 1.82) is 0 Å². The standard InChI is InChI=1S/C19H30N2O4/c1-18(2,3)10-16(23)25-11-15(22)20-17(24)21-19-7-12-4-13(8-19)6-14(5-12)9-19/h12-14H,4-11H2,1-3H3,(H2,20,21,22,24). The van der Waals surface area contributed by atoms with E-state index in [1.165, 1.54) is 19.3 Å². The fourth-order valence-electron chi connectivity index (χ4n) is 5.33. The predicted octanol–water partition coefficient (Wildman–Crippen LogP) is 2.76. The van der Waals surface area contributed by atoms with Gasteiger partial charge in [0, 0.05) is 5.54 Å². The summed E-state index contributed by atoms with van der Waals surface area (Å²) in [5.41, 5.74) is -0.328. The lowest BCUT2D eigenvalue weighted by atomic mass is 9.53. The first-order valence-corrected chi connectivity index (χ1v) is 9.40. The minimum absolute atomic E-state index is 0.137. The van der Waals surface area contributed by atoms with E-state index < -0.39 is 24.5 Å². The molecule has 6 nitrogen and oxygen atoms in total. The Balaban J connectivity index is 1.43. The first kappa shape index (κ1) is 18.2. The topological polar surface area (TPSA) is 84.5 Å². The molecule has 25 heavy (non-hydrogen) atoms. The summed E-state index contributed by atoms with van der Waals surface area (Å²) >= 11 is 0. The highest BCUT2D eigenvalue weighted by atomic mass is 16.5. The van der Waals surface area contributed by atoms with Crippen LogP contribution in [0.3, 0.4) is 0 Å². The van der Waals surface area contributed by atoms with Crippen LogP contribution < -0.4 is 10.6 Å². The molecule has 4 aliphatic rings. The summed E-state index contributed by atoms with van der Waals surface area (Å²) in [6.45, 7) is 5.36. The van der Waals surface area contributed by atoms with Crippen LogP contribution in [0.1, 0.15) is 65.7 Å². The fourth-order valence-corrected chi connectivity index (χ4v) is 5.33. The second-order valence-corrected chi connectivity index (χ2v) is 9.60. The summed E-state index contributed by atoms with van der Waals surface area (Å²) in [5, 5.41) is 5.38. The number of rotatable bonds is 4. The monoisotopic (exact) mass is 350 g/mol. The van der Waals surface area contributed by atoms with Crippen LogP contribution in [-0.4, -0.2) is 30.1 Å². The van der Waals surface area contributed by atoms with Crippen molar-refractivity contribution in [3.05, 3.63) is 0 Å². The van der Waals surface area contributed by atoms with Crippen molar-refractivity contribution < 1.29 is 19.1 Å². The maximum atomic E-state index is 12.2. The van der Waals surface area contributed by atoms with Gasteiger partial charge in [-0.15, -0.1) is 0 Å². The Kier molecular flexibility index (Phi) is 4.82. The minimum Gasteiger partial charge on any atom is -0.456 e. The molecule has 4 aliphatic carbocycles. The molecule has 0 unspecified atom stereocenters. The number of amides is 3. The van der Waals surface area contributed by atoms with Gasteiger partial charge in [0.25, 0.3) is 5.91 Å². The van der Waals surface area contributed by atoms with Crippen LogP contribution in [0.5, 0.6) is 0 Å². The van der Waals surface area contributed by atoms with Crippen LogP contribution in [0.15, 0.2) is 0 Å². The van der Waals surface area contributed by atoms with Gasteiger partial charge in [0.05, 0.1) is 6.42 Å². The highest BCUT2D eigenvalue weighted by Crippen LogP contribution is 2.55. The number of carbonyl (C=O) groups is 3. The van der Waals surface area contributed by atoms with E-state index >= 15 is 0 Å². The zero-order chi connectivity index (χ0) is 18.2. The molecule has 0 aromatic carbocycles. The Labute approximate surface area is 149 Å². The minimum atomic E-state index is -0.579. The Morgan fingerprint density at radius 2 is 1.52 bits per heavy atom. The Bertz CT molecular complexity index is 529. The predicted molar refractivity (Wildman–Crippen MR) is 92.6 cm³/mol. The SMILES string of the molecule is CC(C)(C)CC(=O)OCC(=O)NC(=O)NC12CC3CC(CC(C3)C1)C2. The molecular formula is C19H30N2O4. The van der Waals surface area contributed by atoms with Gasteiger partial charge in [0.1, 0.15) is 0 Å². The number of imide groups is 1. The summed E-state index contributed by atoms with van der Waals surface area (Å²) in [4.78, 5) is 35.7. The van der Waals surface area contributed by atoms with Gasteiger partial charge in [-0.1, -0.05) is 20.8 Å². The molecule has 140 valence electrons. The van der Waals surface area contributed by atoms with Crippen molar-refractivity contribution in [2.45, 2.75) is 71.3 Å². The van der Waals surface area contributed by atoms with Crippen LogP contribution in [0.25, 0.3) is 0 Å². The number of esters is 1. The number of ether oxygens (including phenoxy) is 1. The molecule has 4 rings (SSSR count). The zero-order valence-corrected chi connectivity index (χ0v) is 15.5. The molecule has 0 spiro atoms. The molecule has 4 saturated carbocycles. The largest absolute Gasteiger partial charge is 0.456 e. The quantitative estimate of drug-likeness (QED) is 0.764. The first-order valence-electron chi connectivity index (χ1n) is 9.40. The highest BCUT2D eigenvalue weighted by molar-refractivity contribution is 5.95. The van der Waals surface area contributed by atoms with E-state index in [0.717, 1.165) is 37.0 Å². The van der Waals surface area contributed by atoms with Gasteiger partial charge in [-0.25, -0.2) is 4.79 Å².